The van der Waals surface area contributed by atoms with Crippen molar-refractivity contribution in [2.75, 3.05) is 6.61 Å². The fraction of sp³-hybridized carbons (Fsp3) is 0.333. The molecule has 1 aromatic rings. The van der Waals surface area contributed by atoms with Crippen molar-refractivity contribution in [2.24, 2.45) is 0 Å². The first kappa shape index (κ1) is 14.0. The average Bonchev–Trinajstić information content (AvgIpc) is 2.29. The maximum Gasteiger partial charge on any atom is 0.269 e. The molecule has 0 aliphatic rings. The molecule has 0 saturated heterocycles. The van der Waals surface area contributed by atoms with Gasteiger partial charge in [-0.3, -0.25) is 20.2 Å². The first-order valence-electron chi connectivity index (χ1n) is 4.52. The smallest absolute Gasteiger partial charge is 0.269 e. The Balaban J connectivity index is 0.000000487. The zero-order chi connectivity index (χ0) is 12.6. The van der Waals surface area contributed by atoms with Gasteiger partial charge in [0.1, 0.15) is 0 Å². The van der Waals surface area contributed by atoms with Crippen LogP contribution in [0.3, 0.4) is 0 Å². The predicted molar refractivity (Wildman–Crippen MR) is 57.1 cm³/mol. The van der Waals surface area contributed by atoms with Crippen molar-refractivity contribution in [3.63, 3.8) is 0 Å². The second-order valence-electron chi connectivity index (χ2n) is 2.75. The lowest BCUT2D eigenvalue weighted by atomic mass is 10.3. The van der Waals surface area contributed by atoms with Gasteiger partial charge in [-0.2, -0.15) is 0 Å². The highest BCUT2D eigenvalue weighted by atomic mass is 16.6. The molecule has 0 unspecified atom stereocenters. The minimum Gasteiger partial charge on any atom is -0.396 e. The fourth-order valence-corrected chi connectivity index (χ4v) is 0.696. The number of aliphatic hydroxyl groups excluding tert-OH is 1. The zero-order valence-corrected chi connectivity index (χ0v) is 8.70. The average molecular weight is 228 g/mol. The molecular formula is C9H12N2O5. The topological polar surface area (TPSA) is 107 Å². The van der Waals surface area contributed by atoms with Gasteiger partial charge in [0.2, 0.25) is 0 Å². The second kappa shape index (κ2) is 7.30. The van der Waals surface area contributed by atoms with Crippen LogP contribution in [0.15, 0.2) is 24.3 Å². The van der Waals surface area contributed by atoms with E-state index in [1.54, 1.807) is 0 Å². The third kappa shape index (κ3) is 5.01. The van der Waals surface area contributed by atoms with Gasteiger partial charge in [-0.1, -0.05) is 6.92 Å². The molecule has 1 N–H and O–H groups in total. The molecule has 0 radical (unpaired) electrons. The zero-order valence-electron chi connectivity index (χ0n) is 8.70. The molecule has 16 heavy (non-hydrogen) atoms. The maximum atomic E-state index is 10.1. The maximum absolute atomic E-state index is 10.1. The van der Waals surface area contributed by atoms with Crippen LogP contribution in [0.4, 0.5) is 11.4 Å². The van der Waals surface area contributed by atoms with Gasteiger partial charge in [0.05, 0.1) is 9.85 Å². The Morgan fingerprint density at radius 1 is 1.06 bits per heavy atom. The molecule has 0 aliphatic carbocycles. The van der Waals surface area contributed by atoms with E-state index in [4.69, 9.17) is 5.11 Å². The highest BCUT2D eigenvalue weighted by Crippen LogP contribution is 2.16. The molecule has 0 heterocycles. The van der Waals surface area contributed by atoms with Crippen LogP contribution < -0.4 is 0 Å². The molecule has 1 rings (SSSR count). The van der Waals surface area contributed by atoms with Crippen LogP contribution in [-0.2, 0) is 0 Å². The lowest BCUT2D eigenvalue weighted by Crippen LogP contribution is -1.90. The van der Waals surface area contributed by atoms with Crippen LogP contribution in [0.5, 0.6) is 0 Å². The molecule has 0 saturated carbocycles. The Bertz CT molecular complexity index is 314. The van der Waals surface area contributed by atoms with Gasteiger partial charge < -0.3 is 5.11 Å². The van der Waals surface area contributed by atoms with Gasteiger partial charge in [0, 0.05) is 30.9 Å². The first-order valence-corrected chi connectivity index (χ1v) is 4.52. The van der Waals surface area contributed by atoms with E-state index >= 15 is 0 Å². The molecule has 88 valence electrons. The third-order valence-corrected chi connectivity index (χ3v) is 1.49. The summed E-state index contributed by atoms with van der Waals surface area (Å²) < 4.78 is 0. The number of nitro benzene ring substituents is 2. The number of nitro groups is 2. The Hall–Kier alpha value is -2.02. The molecule has 0 spiro atoms. The van der Waals surface area contributed by atoms with E-state index in [0.717, 1.165) is 30.7 Å². The first-order chi connectivity index (χ1) is 7.52. The van der Waals surface area contributed by atoms with Crippen molar-refractivity contribution in [1.82, 2.24) is 0 Å². The molecule has 0 amide bonds. The molecular weight excluding hydrogens is 216 g/mol. The highest BCUT2D eigenvalue weighted by molar-refractivity contribution is 5.39. The van der Waals surface area contributed by atoms with Gasteiger partial charge in [-0.05, 0) is 6.42 Å². The van der Waals surface area contributed by atoms with Crippen LogP contribution in [0.2, 0.25) is 0 Å². The summed E-state index contributed by atoms with van der Waals surface area (Å²) in [5.41, 5.74) is -0.304. The van der Waals surface area contributed by atoms with Crippen LogP contribution in [0.1, 0.15) is 13.3 Å². The van der Waals surface area contributed by atoms with Crippen molar-refractivity contribution in [3.05, 3.63) is 44.5 Å². The van der Waals surface area contributed by atoms with Crippen LogP contribution >= 0.6 is 0 Å². The number of benzene rings is 1. The summed E-state index contributed by atoms with van der Waals surface area (Å²) in [6.45, 7) is 2.25. The number of hydrogen-bond donors (Lipinski definition) is 1. The summed E-state index contributed by atoms with van der Waals surface area (Å²) in [5, 5.41) is 28.1. The minimum atomic E-state index is -0.607. The Morgan fingerprint density at radius 2 is 1.31 bits per heavy atom. The quantitative estimate of drug-likeness (QED) is 0.627. The molecule has 0 aliphatic heterocycles. The van der Waals surface area contributed by atoms with Crippen molar-refractivity contribution in [2.45, 2.75) is 13.3 Å². The number of aliphatic hydroxyl groups is 1. The second-order valence-corrected chi connectivity index (χ2v) is 2.75. The van der Waals surface area contributed by atoms with Gasteiger partial charge >= 0.3 is 0 Å². The Kier molecular flexibility index (Phi) is 6.37. The molecule has 0 aromatic heterocycles. The van der Waals surface area contributed by atoms with Gasteiger partial charge in [-0.15, -0.1) is 0 Å². The van der Waals surface area contributed by atoms with Crippen molar-refractivity contribution in [3.8, 4) is 0 Å². The minimum absolute atomic E-state index is 0.152. The normalized spacial score (nSPS) is 8.88. The summed E-state index contributed by atoms with van der Waals surface area (Å²) in [7, 11) is 0. The molecule has 7 heteroatoms. The van der Waals surface area contributed by atoms with Crippen LogP contribution in [0, 0.1) is 20.2 Å². The molecule has 7 nitrogen and oxygen atoms in total. The summed E-state index contributed by atoms with van der Waals surface area (Å²) in [6.07, 6.45) is 0.875. The van der Waals surface area contributed by atoms with Crippen molar-refractivity contribution < 1.29 is 15.0 Å². The molecule has 0 atom stereocenters. The highest BCUT2D eigenvalue weighted by Gasteiger charge is 2.08. The molecule has 0 fully saturated rings. The largest absolute Gasteiger partial charge is 0.396 e. The SMILES string of the molecule is CCCO.O=[N+]([O-])c1ccc([N+](=O)[O-])cc1. The number of hydrogen-bond acceptors (Lipinski definition) is 5. The van der Waals surface area contributed by atoms with Gasteiger partial charge in [0.25, 0.3) is 11.4 Å². The molecule has 0 bridgehead atoms. The summed E-state index contributed by atoms with van der Waals surface area (Å²) in [6, 6.07) is 4.38. The number of non-ortho nitro benzene ring substituents is 2. The number of nitrogens with zero attached hydrogens (tertiary/aromatic N) is 2. The van der Waals surface area contributed by atoms with Gasteiger partial charge in [-0.25, -0.2) is 0 Å². The van der Waals surface area contributed by atoms with Crippen molar-refractivity contribution in [1.29, 1.82) is 0 Å². The van der Waals surface area contributed by atoms with E-state index < -0.39 is 9.85 Å². The van der Waals surface area contributed by atoms with E-state index in [-0.39, 0.29) is 11.4 Å². The summed E-state index contributed by atoms with van der Waals surface area (Å²) in [4.78, 5) is 19.0. The third-order valence-electron chi connectivity index (χ3n) is 1.49. The fourth-order valence-electron chi connectivity index (χ4n) is 0.696. The van der Waals surface area contributed by atoms with E-state index in [2.05, 4.69) is 0 Å². The van der Waals surface area contributed by atoms with E-state index in [0.29, 0.717) is 6.61 Å². The lowest BCUT2D eigenvalue weighted by molar-refractivity contribution is -0.389. The van der Waals surface area contributed by atoms with Crippen LogP contribution in [0.25, 0.3) is 0 Å². The standard InChI is InChI=1S/C6H4N2O4.C3H8O/c9-7(10)5-1-2-6(4-3-5)8(11)12;1-2-3-4/h1-4H;4H,2-3H2,1H3. The Labute approximate surface area is 91.6 Å². The van der Waals surface area contributed by atoms with Crippen molar-refractivity contribution >= 4 is 11.4 Å². The summed E-state index contributed by atoms with van der Waals surface area (Å²) in [5.74, 6) is 0. The van der Waals surface area contributed by atoms with E-state index in [1.165, 1.54) is 0 Å². The predicted octanol–water partition coefficient (Wildman–Crippen LogP) is 1.89. The monoisotopic (exact) mass is 228 g/mol. The van der Waals surface area contributed by atoms with E-state index in [9.17, 15) is 20.2 Å². The molecule has 1 aromatic carbocycles. The van der Waals surface area contributed by atoms with E-state index in [1.807, 2.05) is 6.92 Å². The lowest BCUT2D eigenvalue weighted by Gasteiger charge is -1.90. The Morgan fingerprint density at radius 3 is 1.44 bits per heavy atom. The van der Waals surface area contributed by atoms with Crippen LogP contribution in [-0.4, -0.2) is 21.6 Å². The number of rotatable bonds is 3. The summed E-state index contributed by atoms with van der Waals surface area (Å²) >= 11 is 0. The van der Waals surface area contributed by atoms with Gasteiger partial charge in [0.15, 0.2) is 0 Å².